The van der Waals surface area contributed by atoms with Crippen molar-refractivity contribution in [3.63, 3.8) is 0 Å². The Morgan fingerprint density at radius 1 is 1.32 bits per heavy atom. The molecule has 0 aliphatic heterocycles. The highest BCUT2D eigenvalue weighted by Crippen LogP contribution is 2.41. The lowest BCUT2D eigenvalue weighted by atomic mass is 9.77. The normalized spacial score (nSPS) is 17.2. The van der Waals surface area contributed by atoms with Gasteiger partial charge < -0.3 is 10.5 Å². The molecule has 3 nitrogen and oxygen atoms in total. The first kappa shape index (κ1) is 12.7. The average Bonchev–Trinajstić information content (AvgIpc) is 2.40. The summed E-state index contributed by atoms with van der Waals surface area (Å²) in [6, 6.07) is 7.63. The Morgan fingerprint density at radius 3 is 2.84 bits per heavy atom. The number of hydrogen-bond acceptors (Lipinski definition) is 3. The third-order valence-corrected chi connectivity index (χ3v) is 4.20. The molecule has 3 rings (SSSR count). The molecular weight excluding hydrogens is 260 g/mol. The predicted octanol–water partition coefficient (Wildman–Crippen LogP) is 3.54. The van der Waals surface area contributed by atoms with E-state index in [9.17, 15) is 0 Å². The number of aromatic nitrogens is 1. The molecule has 4 heteroatoms. The van der Waals surface area contributed by atoms with Crippen LogP contribution in [0.5, 0.6) is 5.75 Å². The van der Waals surface area contributed by atoms with Crippen LogP contribution in [0.1, 0.15) is 25.7 Å². The van der Waals surface area contributed by atoms with Crippen LogP contribution in [0, 0.1) is 0 Å². The maximum absolute atomic E-state index is 6.25. The minimum atomic E-state index is -0.0902. The van der Waals surface area contributed by atoms with E-state index in [0.717, 1.165) is 35.9 Å². The fourth-order valence-corrected chi connectivity index (χ4v) is 2.88. The van der Waals surface area contributed by atoms with Gasteiger partial charge in [0.05, 0.1) is 5.02 Å². The summed E-state index contributed by atoms with van der Waals surface area (Å²) in [6.45, 7) is 0.652. The molecule has 0 saturated heterocycles. The first-order valence-corrected chi connectivity index (χ1v) is 7.04. The third-order valence-electron chi connectivity index (χ3n) is 3.87. The van der Waals surface area contributed by atoms with Crippen LogP contribution in [-0.2, 0) is 0 Å². The standard InChI is InChI=1S/C15H17ClN2O/c16-12-4-5-13(14-11(12)3-1-10-18-14)19-15(8-9-17)6-2-7-15/h1,3-5,10H,2,6-9,17H2. The largest absolute Gasteiger partial charge is 0.485 e. The molecular formula is C15H17ClN2O. The van der Waals surface area contributed by atoms with Gasteiger partial charge in [-0.2, -0.15) is 0 Å². The number of halogens is 1. The summed E-state index contributed by atoms with van der Waals surface area (Å²) in [7, 11) is 0. The van der Waals surface area contributed by atoms with Gasteiger partial charge in [-0.05, 0) is 56.5 Å². The lowest BCUT2D eigenvalue weighted by Gasteiger charge is -2.42. The summed E-state index contributed by atoms with van der Waals surface area (Å²) in [4.78, 5) is 4.40. The number of hydrogen-bond donors (Lipinski definition) is 1. The number of fused-ring (bicyclic) bond motifs is 1. The molecule has 1 aliphatic carbocycles. The lowest BCUT2D eigenvalue weighted by molar-refractivity contribution is -0.0113. The molecule has 1 aromatic heterocycles. The van der Waals surface area contributed by atoms with E-state index >= 15 is 0 Å². The topological polar surface area (TPSA) is 48.1 Å². The Morgan fingerprint density at radius 2 is 2.16 bits per heavy atom. The van der Waals surface area contributed by atoms with E-state index in [-0.39, 0.29) is 5.60 Å². The van der Waals surface area contributed by atoms with Crippen molar-refractivity contribution in [3.05, 3.63) is 35.5 Å². The summed E-state index contributed by atoms with van der Waals surface area (Å²) in [5, 5.41) is 1.64. The van der Waals surface area contributed by atoms with Crippen molar-refractivity contribution in [3.8, 4) is 5.75 Å². The van der Waals surface area contributed by atoms with Gasteiger partial charge in [0.1, 0.15) is 16.9 Å². The fraction of sp³-hybridized carbons (Fsp3) is 0.400. The zero-order valence-corrected chi connectivity index (χ0v) is 11.5. The Labute approximate surface area is 117 Å². The number of benzene rings is 1. The molecule has 1 fully saturated rings. The van der Waals surface area contributed by atoms with Crippen LogP contribution < -0.4 is 10.5 Å². The van der Waals surface area contributed by atoms with Gasteiger partial charge in [-0.15, -0.1) is 0 Å². The first-order valence-electron chi connectivity index (χ1n) is 6.66. The monoisotopic (exact) mass is 276 g/mol. The maximum Gasteiger partial charge on any atom is 0.146 e. The maximum atomic E-state index is 6.25. The second-order valence-corrected chi connectivity index (χ2v) is 5.53. The number of pyridine rings is 1. The van der Waals surface area contributed by atoms with Crippen molar-refractivity contribution in [2.75, 3.05) is 6.54 Å². The molecule has 19 heavy (non-hydrogen) atoms. The highest BCUT2D eigenvalue weighted by Gasteiger charge is 2.38. The quantitative estimate of drug-likeness (QED) is 0.929. The molecule has 2 aromatic rings. The van der Waals surface area contributed by atoms with Crippen LogP contribution in [0.4, 0.5) is 0 Å². The number of rotatable bonds is 4. The molecule has 0 spiro atoms. The van der Waals surface area contributed by atoms with Gasteiger partial charge in [-0.3, -0.25) is 4.98 Å². The van der Waals surface area contributed by atoms with Gasteiger partial charge in [0.15, 0.2) is 0 Å². The Hall–Kier alpha value is -1.32. The zero-order chi connectivity index (χ0) is 13.3. The molecule has 100 valence electrons. The van der Waals surface area contributed by atoms with E-state index in [1.54, 1.807) is 6.20 Å². The predicted molar refractivity (Wildman–Crippen MR) is 77.6 cm³/mol. The van der Waals surface area contributed by atoms with Crippen LogP contribution in [-0.4, -0.2) is 17.1 Å². The summed E-state index contributed by atoms with van der Waals surface area (Å²) in [5.74, 6) is 0.813. The highest BCUT2D eigenvalue weighted by molar-refractivity contribution is 6.35. The summed E-state index contributed by atoms with van der Waals surface area (Å²) in [5.41, 5.74) is 6.44. The van der Waals surface area contributed by atoms with E-state index in [0.29, 0.717) is 11.6 Å². The lowest BCUT2D eigenvalue weighted by Crippen LogP contribution is -2.44. The molecule has 0 atom stereocenters. The van der Waals surface area contributed by atoms with Gasteiger partial charge in [-0.1, -0.05) is 11.6 Å². The van der Waals surface area contributed by atoms with Gasteiger partial charge in [0, 0.05) is 11.6 Å². The minimum Gasteiger partial charge on any atom is -0.485 e. The van der Waals surface area contributed by atoms with E-state index in [1.807, 2.05) is 24.3 Å². The third kappa shape index (κ3) is 2.28. The molecule has 2 N–H and O–H groups in total. The number of nitrogens with zero attached hydrogens (tertiary/aromatic N) is 1. The first-order chi connectivity index (χ1) is 9.24. The average molecular weight is 277 g/mol. The van der Waals surface area contributed by atoms with E-state index < -0.39 is 0 Å². The molecule has 1 saturated carbocycles. The van der Waals surface area contributed by atoms with Crippen molar-refractivity contribution in [2.24, 2.45) is 5.73 Å². The van der Waals surface area contributed by atoms with Crippen LogP contribution in [0.3, 0.4) is 0 Å². The number of nitrogens with two attached hydrogens (primary N) is 1. The second kappa shape index (κ2) is 4.99. The smallest absolute Gasteiger partial charge is 0.146 e. The van der Waals surface area contributed by atoms with Crippen molar-refractivity contribution >= 4 is 22.5 Å². The summed E-state index contributed by atoms with van der Waals surface area (Å²) >= 11 is 6.19. The molecule has 0 unspecified atom stereocenters. The van der Waals surface area contributed by atoms with Gasteiger partial charge in [0.25, 0.3) is 0 Å². The van der Waals surface area contributed by atoms with E-state index in [2.05, 4.69) is 4.98 Å². The molecule has 1 heterocycles. The summed E-state index contributed by atoms with van der Waals surface area (Å²) < 4.78 is 6.25. The zero-order valence-electron chi connectivity index (χ0n) is 10.7. The molecule has 1 aromatic carbocycles. The highest BCUT2D eigenvalue weighted by atomic mass is 35.5. The Bertz CT molecular complexity index is 596. The molecule has 0 bridgehead atoms. The van der Waals surface area contributed by atoms with Crippen molar-refractivity contribution in [1.82, 2.24) is 4.98 Å². The van der Waals surface area contributed by atoms with Gasteiger partial charge in [0.2, 0.25) is 0 Å². The summed E-state index contributed by atoms with van der Waals surface area (Å²) in [6.07, 6.45) is 6.01. The SMILES string of the molecule is NCCC1(Oc2ccc(Cl)c3cccnc23)CCC1. The molecule has 0 amide bonds. The van der Waals surface area contributed by atoms with Crippen LogP contribution in [0.25, 0.3) is 10.9 Å². The van der Waals surface area contributed by atoms with Crippen molar-refractivity contribution < 1.29 is 4.74 Å². The van der Waals surface area contributed by atoms with Crippen molar-refractivity contribution in [1.29, 1.82) is 0 Å². The minimum absolute atomic E-state index is 0.0902. The molecule has 1 aliphatic rings. The van der Waals surface area contributed by atoms with Crippen LogP contribution in [0.15, 0.2) is 30.5 Å². The van der Waals surface area contributed by atoms with E-state index in [4.69, 9.17) is 22.1 Å². The number of ether oxygens (including phenoxy) is 1. The second-order valence-electron chi connectivity index (χ2n) is 5.12. The van der Waals surface area contributed by atoms with Crippen LogP contribution in [0.2, 0.25) is 5.02 Å². The fourth-order valence-electron chi connectivity index (χ4n) is 2.66. The van der Waals surface area contributed by atoms with Crippen LogP contribution >= 0.6 is 11.6 Å². The van der Waals surface area contributed by atoms with Crippen molar-refractivity contribution in [2.45, 2.75) is 31.3 Å². The van der Waals surface area contributed by atoms with E-state index in [1.165, 1.54) is 6.42 Å². The Kier molecular flexibility index (Phi) is 3.33. The Balaban J connectivity index is 1.99. The van der Waals surface area contributed by atoms with Gasteiger partial charge >= 0.3 is 0 Å². The molecule has 0 radical (unpaired) electrons. The van der Waals surface area contributed by atoms with Gasteiger partial charge in [-0.25, -0.2) is 0 Å².